The van der Waals surface area contributed by atoms with Crippen LogP contribution in [0.2, 0.25) is 5.02 Å². The van der Waals surface area contributed by atoms with Gasteiger partial charge in [0.05, 0.1) is 22.7 Å². The van der Waals surface area contributed by atoms with Crippen LogP contribution in [0.3, 0.4) is 0 Å². The molecule has 7 rings (SSSR count). The minimum absolute atomic E-state index is 0.0462. The third-order valence-electron chi connectivity index (χ3n) is 23.3. The van der Waals surface area contributed by atoms with Crippen LogP contribution in [0.1, 0.15) is 187 Å². The first-order chi connectivity index (χ1) is 43.5. The number of fused-ring (bicyclic) bond motifs is 1. The Morgan fingerprint density at radius 3 is 2.00 bits per heavy atom. The highest BCUT2D eigenvalue weighted by Gasteiger charge is 2.42. The molecule has 1 aromatic rings. The average molecular weight is 1300 g/mol. The molecule has 3 heterocycles. The molecule has 0 aromatic heterocycles. The van der Waals surface area contributed by atoms with Crippen molar-refractivity contribution in [3.63, 3.8) is 0 Å². The Bertz CT molecular complexity index is 2200. The molecule has 0 unspecified atom stereocenters. The fraction of sp³-hybridized carbons (Fsp3) is 0.904. The summed E-state index contributed by atoms with van der Waals surface area (Å²) in [4.78, 5) is 37.9. The molecule has 0 radical (unpaired) electrons. The predicted octanol–water partition coefficient (Wildman–Crippen LogP) is 10.6. The quantitative estimate of drug-likeness (QED) is 0.169. The normalized spacial score (nSPS) is 30.8. The summed E-state index contributed by atoms with van der Waals surface area (Å²) in [5.74, 6) is 2.74. The topological polar surface area (TPSA) is 103 Å². The Morgan fingerprint density at radius 1 is 0.681 bits per heavy atom. The molecule has 526 valence electrons. The third kappa shape index (κ3) is 25.0. The second kappa shape index (κ2) is 38.4. The van der Waals surface area contributed by atoms with Gasteiger partial charge in [0, 0.05) is 153 Å². The van der Waals surface area contributed by atoms with Gasteiger partial charge in [0.1, 0.15) is 0 Å². The fourth-order valence-corrected chi connectivity index (χ4v) is 17.3. The molecule has 6 aliphatic rings. The van der Waals surface area contributed by atoms with E-state index in [9.17, 15) is 18.3 Å². The van der Waals surface area contributed by atoms with Crippen LogP contribution in [0, 0.1) is 23.7 Å². The average Bonchev–Trinajstić information content (AvgIpc) is 1.91. The standard InChI is InChI=1S/C73H134ClF3N12O2/c1-12-57(4)68-53-83(7)41-40-81(5)42-43-85(9)64(45-58-24-16-13-17-25-58)51-82(6)39-35-78-61(30-28-59-29-31-66(67(74)46-59)73(75,76)77)50-89-52-65(90)47-63(89)49-80-72(33-20-21-34-72)55-87(11)70(60-26-18-14-19-27-60)54-86(10)69(71(91)88-36-22-15-23-37-88)32-38-84(8)62(48-79-68)44-56(2)3/h29,31,46,56-58,60-65,68-70,78-80,90H,12-28,30,32-45,47-55H2,1-11H3/t57-,61-,62-,63-,64-,65-,68+,69-,70+/m0/s1. The molecule has 3 aliphatic heterocycles. The van der Waals surface area contributed by atoms with E-state index in [1.807, 2.05) is 0 Å². The van der Waals surface area contributed by atoms with Gasteiger partial charge in [-0.3, -0.25) is 14.6 Å². The summed E-state index contributed by atoms with van der Waals surface area (Å²) in [5, 5.41) is 23.7. The van der Waals surface area contributed by atoms with E-state index in [1.54, 1.807) is 6.07 Å². The first kappa shape index (κ1) is 76.7. The minimum atomic E-state index is -4.50. The Labute approximate surface area is 558 Å². The molecule has 9 atom stereocenters. The van der Waals surface area contributed by atoms with Gasteiger partial charge in [-0.05, 0) is 174 Å². The number of likely N-dealkylation sites (tertiary alicyclic amines) is 1. The number of halogens is 4. The van der Waals surface area contributed by atoms with Gasteiger partial charge in [-0.15, -0.1) is 0 Å². The van der Waals surface area contributed by atoms with E-state index in [0.29, 0.717) is 67.2 Å². The Hall–Kier alpha value is -1.71. The minimum Gasteiger partial charge on any atom is -0.392 e. The SMILES string of the molecule is CC[C@H](C)[C@H]1CN(C)CCN(C)CCN(C)[C@@H](CC2CCCCC2)CN(C)CCN[C@@H](CCc2ccc(C(F)(F)F)c(Cl)c2)CN2C[C@@H](O)C[C@H]2CNC2(CCCC2)CN(C)[C@@H](C2CCCCC2)CN(C)[C@H](C(=O)N2CCCCC2)CCN(C)[C@@H](CC(C)C)CN1. The van der Waals surface area contributed by atoms with Crippen LogP contribution in [0.4, 0.5) is 13.2 Å². The van der Waals surface area contributed by atoms with Crippen molar-refractivity contribution < 1.29 is 23.1 Å². The second-order valence-electron chi connectivity index (χ2n) is 31.2. The maximum atomic E-state index is 15.1. The molecule has 3 aliphatic carbocycles. The smallest absolute Gasteiger partial charge is 0.392 e. The van der Waals surface area contributed by atoms with Crippen molar-refractivity contribution in [2.24, 2.45) is 23.7 Å². The van der Waals surface area contributed by atoms with E-state index in [2.05, 4.69) is 137 Å². The number of carbonyl (C=O) groups is 1. The first-order valence-electron chi connectivity index (χ1n) is 37.1. The number of piperidine rings is 1. The van der Waals surface area contributed by atoms with Gasteiger partial charge in [-0.2, -0.15) is 13.2 Å². The van der Waals surface area contributed by atoms with E-state index >= 15 is 4.79 Å². The van der Waals surface area contributed by atoms with Gasteiger partial charge in [0.15, 0.2) is 0 Å². The van der Waals surface area contributed by atoms with Gasteiger partial charge in [0.25, 0.3) is 0 Å². The molecule has 18 heteroatoms. The molecule has 91 heavy (non-hydrogen) atoms. The van der Waals surface area contributed by atoms with E-state index in [-0.39, 0.29) is 28.7 Å². The number of aryl methyl sites for hydroxylation is 1. The number of nitrogens with one attached hydrogen (secondary N) is 3. The Balaban J connectivity index is 1.16. The summed E-state index contributed by atoms with van der Waals surface area (Å²) >= 11 is 6.32. The fourth-order valence-electron chi connectivity index (χ4n) is 17.0. The van der Waals surface area contributed by atoms with Crippen molar-refractivity contribution in [3.05, 3.63) is 34.3 Å². The van der Waals surface area contributed by atoms with Crippen molar-refractivity contribution in [1.82, 2.24) is 60.0 Å². The van der Waals surface area contributed by atoms with Crippen molar-refractivity contribution in [1.29, 1.82) is 0 Å². The molecule has 0 bridgehead atoms. The molecule has 14 nitrogen and oxygen atoms in total. The lowest BCUT2D eigenvalue weighted by Gasteiger charge is -2.45. The number of amides is 1. The molecule has 3 saturated heterocycles. The predicted molar refractivity (Wildman–Crippen MR) is 373 cm³/mol. The van der Waals surface area contributed by atoms with E-state index < -0.39 is 17.8 Å². The van der Waals surface area contributed by atoms with Crippen molar-refractivity contribution in [2.75, 3.05) is 161 Å². The van der Waals surface area contributed by atoms with Crippen LogP contribution in [0.25, 0.3) is 0 Å². The highest BCUT2D eigenvalue weighted by molar-refractivity contribution is 6.31. The van der Waals surface area contributed by atoms with Crippen LogP contribution in [-0.2, 0) is 17.4 Å². The summed E-state index contributed by atoms with van der Waals surface area (Å²) < 4.78 is 41.6. The number of hydrogen-bond acceptors (Lipinski definition) is 13. The number of aliphatic hydroxyl groups excluding tert-OH is 1. The van der Waals surface area contributed by atoms with Crippen LogP contribution in [0.5, 0.6) is 0 Å². The molecular weight excluding hydrogens is 1170 g/mol. The number of carbonyl (C=O) groups excluding carboxylic acids is 1. The summed E-state index contributed by atoms with van der Waals surface area (Å²) in [6.45, 7) is 24.7. The van der Waals surface area contributed by atoms with Gasteiger partial charge >= 0.3 is 6.18 Å². The zero-order valence-electron chi connectivity index (χ0n) is 59.5. The van der Waals surface area contributed by atoms with Gasteiger partial charge < -0.3 is 55.4 Å². The summed E-state index contributed by atoms with van der Waals surface area (Å²) in [6.07, 6.45) is 22.3. The third-order valence-corrected chi connectivity index (χ3v) is 23.6. The number of alkyl halides is 3. The second-order valence-corrected chi connectivity index (χ2v) is 31.7. The zero-order chi connectivity index (χ0) is 65.7. The van der Waals surface area contributed by atoms with Crippen LogP contribution in [0.15, 0.2) is 18.2 Å². The molecule has 3 saturated carbocycles. The van der Waals surface area contributed by atoms with E-state index in [0.717, 1.165) is 174 Å². The molecular formula is C73H134ClF3N12O2. The lowest BCUT2D eigenvalue weighted by atomic mass is 9.82. The Morgan fingerprint density at radius 2 is 1.33 bits per heavy atom. The highest BCUT2D eigenvalue weighted by atomic mass is 35.5. The number of aliphatic hydroxyl groups is 1. The van der Waals surface area contributed by atoms with Crippen LogP contribution >= 0.6 is 11.6 Å². The van der Waals surface area contributed by atoms with Crippen molar-refractivity contribution in [2.45, 2.75) is 242 Å². The Kier molecular flexibility index (Phi) is 32.4. The van der Waals surface area contributed by atoms with Crippen LogP contribution in [-0.4, -0.2) is 270 Å². The summed E-state index contributed by atoms with van der Waals surface area (Å²) in [5.41, 5.74) is -0.0507. The maximum Gasteiger partial charge on any atom is 0.417 e. The highest BCUT2D eigenvalue weighted by Crippen LogP contribution is 2.37. The maximum absolute atomic E-state index is 15.1. The van der Waals surface area contributed by atoms with Gasteiger partial charge in [0.2, 0.25) is 5.91 Å². The monoisotopic (exact) mass is 1300 g/mol. The molecule has 6 fully saturated rings. The number of likely N-dealkylation sites (N-methyl/N-ethyl adjacent to an activating group) is 7. The van der Waals surface area contributed by atoms with Gasteiger partial charge in [-0.25, -0.2) is 0 Å². The summed E-state index contributed by atoms with van der Waals surface area (Å²) in [6, 6.07) is 5.72. The van der Waals surface area contributed by atoms with Crippen LogP contribution < -0.4 is 16.0 Å². The lowest BCUT2D eigenvalue weighted by molar-refractivity contribution is -0.138. The number of nitrogens with zero attached hydrogens (tertiary/aromatic N) is 9. The molecule has 4 N–H and O–H groups in total. The van der Waals surface area contributed by atoms with E-state index in [4.69, 9.17) is 11.6 Å². The number of benzene rings is 1. The lowest BCUT2D eigenvalue weighted by Crippen LogP contribution is -2.59. The van der Waals surface area contributed by atoms with E-state index in [1.165, 1.54) is 96.0 Å². The van der Waals surface area contributed by atoms with Gasteiger partial charge in [-0.1, -0.05) is 116 Å². The van der Waals surface area contributed by atoms with Crippen molar-refractivity contribution in [3.8, 4) is 0 Å². The zero-order valence-corrected chi connectivity index (χ0v) is 60.3. The molecule has 1 amide bonds. The summed E-state index contributed by atoms with van der Waals surface area (Å²) in [7, 11) is 16.2. The molecule has 1 aromatic carbocycles. The largest absolute Gasteiger partial charge is 0.417 e. The first-order valence-corrected chi connectivity index (χ1v) is 37.5. The number of hydrogen-bond donors (Lipinski definition) is 4. The molecule has 1 spiro atoms. The van der Waals surface area contributed by atoms with Crippen molar-refractivity contribution >= 4 is 17.5 Å². The number of rotatable bonds is 11.